The number of hydrogen-bond acceptors (Lipinski definition) is 2. The number of phenols is 1. The normalized spacial score (nSPS) is 15.9. The standard InChI is InChI=1S/C18H20BrNO/c19-16-3-1-2-14(11-16)15(12-20-17-6-7-17)10-13-4-8-18(21)9-5-13/h1-5,8-9,11,15,17,20-21H,6-7,10,12H2. The van der Waals surface area contributed by atoms with Crippen molar-refractivity contribution < 1.29 is 5.11 Å². The lowest BCUT2D eigenvalue weighted by molar-refractivity contribution is 0.475. The van der Waals surface area contributed by atoms with Gasteiger partial charge in [-0.2, -0.15) is 0 Å². The predicted molar refractivity (Wildman–Crippen MR) is 89.7 cm³/mol. The van der Waals surface area contributed by atoms with E-state index < -0.39 is 0 Å². The molecular formula is C18H20BrNO. The van der Waals surface area contributed by atoms with Crippen molar-refractivity contribution in [3.05, 3.63) is 64.1 Å². The Hall–Kier alpha value is -1.32. The summed E-state index contributed by atoms with van der Waals surface area (Å²) in [5.74, 6) is 0.779. The molecule has 0 amide bonds. The maximum atomic E-state index is 9.41. The smallest absolute Gasteiger partial charge is 0.115 e. The summed E-state index contributed by atoms with van der Waals surface area (Å²) in [5, 5.41) is 13.1. The van der Waals surface area contributed by atoms with Crippen LogP contribution in [0.1, 0.15) is 29.9 Å². The maximum Gasteiger partial charge on any atom is 0.115 e. The molecule has 0 radical (unpaired) electrons. The van der Waals surface area contributed by atoms with Crippen LogP contribution >= 0.6 is 15.9 Å². The molecule has 3 rings (SSSR count). The van der Waals surface area contributed by atoms with Crippen LogP contribution in [0.3, 0.4) is 0 Å². The van der Waals surface area contributed by atoms with E-state index in [2.05, 4.69) is 45.5 Å². The Balaban J connectivity index is 1.75. The van der Waals surface area contributed by atoms with E-state index in [4.69, 9.17) is 0 Å². The summed E-state index contributed by atoms with van der Waals surface area (Å²) >= 11 is 3.56. The molecule has 2 N–H and O–H groups in total. The molecule has 0 aliphatic heterocycles. The Morgan fingerprint density at radius 3 is 2.57 bits per heavy atom. The minimum absolute atomic E-state index is 0.328. The third kappa shape index (κ3) is 4.32. The molecule has 1 fully saturated rings. The summed E-state index contributed by atoms with van der Waals surface area (Å²) in [6.45, 7) is 1.00. The molecule has 21 heavy (non-hydrogen) atoms. The zero-order valence-electron chi connectivity index (χ0n) is 11.9. The van der Waals surface area contributed by atoms with E-state index in [1.807, 2.05) is 12.1 Å². The predicted octanol–water partition coefficient (Wildman–Crippen LogP) is 4.23. The molecule has 1 atom stereocenters. The molecule has 110 valence electrons. The fourth-order valence-electron chi connectivity index (χ4n) is 2.58. The number of phenolic OH excluding ortho intramolecular Hbond substituents is 1. The highest BCUT2D eigenvalue weighted by Gasteiger charge is 2.22. The molecule has 0 spiro atoms. The van der Waals surface area contributed by atoms with Gasteiger partial charge in [-0.05, 0) is 54.7 Å². The number of rotatable bonds is 6. The zero-order valence-corrected chi connectivity index (χ0v) is 13.5. The summed E-state index contributed by atoms with van der Waals surface area (Å²) in [4.78, 5) is 0. The van der Waals surface area contributed by atoms with Crippen molar-refractivity contribution in [2.75, 3.05) is 6.54 Å². The highest BCUT2D eigenvalue weighted by molar-refractivity contribution is 9.10. The van der Waals surface area contributed by atoms with Gasteiger partial charge in [0.1, 0.15) is 5.75 Å². The topological polar surface area (TPSA) is 32.3 Å². The first-order valence-electron chi connectivity index (χ1n) is 7.47. The van der Waals surface area contributed by atoms with Gasteiger partial charge in [0.05, 0.1) is 0 Å². The van der Waals surface area contributed by atoms with Crippen LogP contribution < -0.4 is 5.32 Å². The number of halogens is 1. The molecule has 0 bridgehead atoms. The van der Waals surface area contributed by atoms with Gasteiger partial charge >= 0.3 is 0 Å². The second-order valence-electron chi connectivity index (χ2n) is 5.81. The van der Waals surface area contributed by atoms with Gasteiger partial charge in [0, 0.05) is 23.0 Å². The van der Waals surface area contributed by atoms with Crippen molar-refractivity contribution in [3.63, 3.8) is 0 Å². The van der Waals surface area contributed by atoms with E-state index >= 15 is 0 Å². The van der Waals surface area contributed by atoms with Crippen LogP contribution in [0.5, 0.6) is 5.75 Å². The van der Waals surface area contributed by atoms with E-state index in [0.29, 0.717) is 11.7 Å². The first kappa shape index (κ1) is 14.6. The average Bonchev–Trinajstić information content (AvgIpc) is 3.30. The van der Waals surface area contributed by atoms with Crippen LogP contribution in [0.2, 0.25) is 0 Å². The van der Waals surface area contributed by atoms with Gasteiger partial charge in [0.2, 0.25) is 0 Å². The molecule has 0 heterocycles. The van der Waals surface area contributed by atoms with Crippen LogP contribution in [0, 0.1) is 0 Å². The van der Waals surface area contributed by atoms with Gasteiger partial charge in [0.15, 0.2) is 0 Å². The SMILES string of the molecule is Oc1ccc(CC(CNC2CC2)c2cccc(Br)c2)cc1. The summed E-state index contributed by atoms with van der Waals surface area (Å²) in [6.07, 6.45) is 3.60. The molecule has 3 heteroatoms. The van der Waals surface area contributed by atoms with Gasteiger partial charge in [-0.25, -0.2) is 0 Å². The molecule has 0 saturated heterocycles. The third-order valence-corrected chi connectivity index (χ3v) is 4.46. The summed E-state index contributed by atoms with van der Waals surface area (Å²) < 4.78 is 1.13. The lowest BCUT2D eigenvalue weighted by Crippen LogP contribution is -2.24. The summed E-state index contributed by atoms with van der Waals surface area (Å²) in [7, 11) is 0. The lowest BCUT2D eigenvalue weighted by atomic mass is 9.92. The number of benzene rings is 2. The Morgan fingerprint density at radius 1 is 1.14 bits per heavy atom. The van der Waals surface area contributed by atoms with Gasteiger partial charge in [0.25, 0.3) is 0 Å². The van der Waals surface area contributed by atoms with Gasteiger partial charge in [-0.3, -0.25) is 0 Å². The fourth-order valence-corrected chi connectivity index (χ4v) is 3.00. The van der Waals surface area contributed by atoms with Crippen LogP contribution in [0.25, 0.3) is 0 Å². The number of hydrogen-bond donors (Lipinski definition) is 2. The Bertz CT molecular complexity index is 592. The molecule has 2 aromatic rings. The van der Waals surface area contributed by atoms with E-state index in [0.717, 1.165) is 23.5 Å². The molecule has 0 aromatic heterocycles. The van der Waals surface area contributed by atoms with Crippen LogP contribution in [0.15, 0.2) is 53.0 Å². The third-order valence-electron chi connectivity index (χ3n) is 3.97. The van der Waals surface area contributed by atoms with Crippen molar-refractivity contribution in [3.8, 4) is 5.75 Å². The maximum absolute atomic E-state index is 9.41. The Labute approximate surface area is 134 Å². The van der Waals surface area contributed by atoms with Crippen LogP contribution in [-0.2, 0) is 6.42 Å². The van der Waals surface area contributed by atoms with Crippen molar-refractivity contribution in [1.29, 1.82) is 0 Å². The second-order valence-corrected chi connectivity index (χ2v) is 6.72. The van der Waals surface area contributed by atoms with Crippen molar-refractivity contribution >= 4 is 15.9 Å². The molecule has 1 saturated carbocycles. The lowest BCUT2D eigenvalue weighted by Gasteiger charge is -2.19. The quantitative estimate of drug-likeness (QED) is 0.820. The monoisotopic (exact) mass is 345 g/mol. The Kier molecular flexibility index (Phi) is 4.61. The average molecular weight is 346 g/mol. The minimum Gasteiger partial charge on any atom is -0.508 e. The molecule has 1 aliphatic rings. The Morgan fingerprint density at radius 2 is 1.90 bits per heavy atom. The van der Waals surface area contributed by atoms with E-state index in [1.54, 1.807) is 12.1 Å². The van der Waals surface area contributed by atoms with Gasteiger partial charge in [-0.15, -0.1) is 0 Å². The molecule has 2 nitrogen and oxygen atoms in total. The van der Waals surface area contributed by atoms with Crippen LogP contribution in [0.4, 0.5) is 0 Å². The molecule has 1 unspecified atom stereocenters. The molecular weight excluding hydrogens is 326 g/mol. The highest BCUT2D eigenvalue weighted by Crippen LogP contribution is 2.26. The first-order chi connectivity index (χ1) is 10.2. The van der Waals surface area contributed by atoms with Crippen molar-refractivity contribution in [2.45, 2.75) is 31.2 Å². The van der Waals surface area contributed by atoms with Crippen molar-refractivity contribution in [1.82, 2.24) is 5.32 Å². The van der Waals surface area contributed by atoms with E-state index in [9.17, 15) is 5.11 Å². The van der Waals surface area contributed by atoms with Gasteiger partial charge in [-0.1, -0.05) is 40.2 Å². The summed E-state index contributed by atoms with van der Waals surface area (Å²) in [5.41, 5.74) is 2.61. The number of nitrogens with one attached hydrogen (secondary N) is 1. The summed E-state index contributed by atoms with van der Waals surface area (Å²) in [6, 6.07) is 16.8. The first-order valence-corrected chi connectivity index (χ1v) is 8.27. The largest absolute Gasteiger partial charge is 0.508 e. The number of aromatic hydroxyl groups is 1. The van der Waals surface area contributed by atoms with Gasteiger partial charge < -0.3 is 10.4 Å². The van der Waals surface area contributed by atoms with Crippen molar-refractivity contribution in [2.24, 2.45) is 0 Å². The fraction of sp³-hybridized carbons (Fsp3) is 0.333. The highest BCUT2D eigenvalue weighted by atomic mass is 79.9. The second kappa shape index (κ2) is 6.63. The van der Waals surface area contributed by atoms with E-state index in [-0.39, 0.29) is 0 Å². The zero-order chi connectivity index (χ0) is 14.7. The molecule has 1 aliphatic carbocycles. The molecule has 2 aromatic carbocycles. The van der Waals surface area contributed by atoms with E-state index in [1.165, 1.54) is 24.0 Å². The minimum atomic E-state index is 0.328. The van der Waals surface area contributed by atoms with Crippen LogP contribution in [-0.4, -0.2) is 17.7 Å².